The normalized spacial score (nSPS) is 15.1. The maximum Gasteiger partial charge on any atom is 0.417 e. The molecule has 1 atom stereocenters. The molecule has 2 N–H and O–H groups in total. The second-order valence-electron chi connectivity index (χ2n) is 7.31. The predicted octanol–water partition coefficient (Wildman–Crippen LogP) is 4.67. The van der Waals surface area contributed by atoms with Crippen molar-refractivity contribution in [3.63, 3.8) is 0 Å². The van der Waals surface area contributed by atoms with Crippen LogP contribution >= 0.6 is 11.6 Å². The van der Waals surface area contributed by atoms with Gasteiger partial charge >= 0.3 is 12.2 Å². The molecular formula is C21H21ClF3N5O2. The van der Waals surface area contributed by atoms with E-state index in [2.05, 4.69) is 20.6 Å². The number of amides is 3. The van der Waals surface area contributed by atoms with Gasteiger partial charge in [0.1, 0.15) is 5.82 Å². The molecular weight excluding hydrogens is 447 g/mol. The quantitative estimate of drug-likeness (QED) is 0.684. The minimum atomic E-state index is -4.49. The molecule has 2 aromatic heterocycles. The van der Waals surface area contributed by atoms with Gasteiger partial charge in [0.15, 0.2) is 0 Å². The summed E-state index contributed by atoms with van der Waals surface area (Å²) < 4.78 is 37.8. The lowest BCUT2D eigenvalue weighted by atomic mass is 10.0. The van der Waals surface area contributed by atoms with Gasteiger partial charge in [0.2, 0.25) is 5.91 Å². The number of nitrogens with zero attached hydrogens (tertiary/aromatic N) is 3. The summed E-state index contributed by atoms with van der Waals surface area (Å²) >= 11 is 6.40. The van der Waals surface area contributed by atoms with Crippen LogP contribution in [-0.4, -0.2) is 39.9 Å². The monoisotopic (exact) mass is 467 g/mol. The summed E-state index contributed by atoms with van der Waals surface area (Å²) in [6.45, 7) is 3.92. The molecule has 0 aromatic carbocycles. The number of nitrogens with one attached hydrogen (secondary N) is 2. The number of halogens is 4. The van der Waals surface area contributed by atoms with Crippen LogP contribution in [0.2, 0.25) is 5.02 Å². The highest BCUT2D eigenvalue weighted by atomic mass is 35.5. The van der Waals surface area contributed by atoms with Crippen LogP contribution in [0.4, 0.5) is 23.8 Å². The van der Waals surface area contributed by atoms with Crippen molar-refractivity contribution < 1.29 is 22.8 Å². The molecule has 11 heteroatoms. The topological polar surface area (TPSA) is 87.2 Å². The van der Waals surface area contributed by atoms with Gasteiger partial charge < -0.3 is 10.2 Å². The third kappa shape index (κ3) is 5.76. The highest BCUT2D eigenvalue weighted by Gasteiger charge is 2.30. The average Bonchev–Trinajstić information content (AvgIpc) is 2.73. The van der Waals surface area contributed by atoms with Crippen molar-refractivity contribution in [1.29, 1.82) is 0 Å². The van der Waals surface area contributed by atoms with Crippen LogP contribution in [0.25, 0.3) is 5.57 Å². The second kappa shape index (κ2) is 9.56. The molecule has 32 heavy (non-hydrogen) atoms. The van der Waals surface area contributed by atoms with Crippen LogP contribution in [-0.2, 0) is 11.0 Å². The maximum atomic E-state index is 12.6. The SMILES string of the molecule is CC(=O)NC(C)c1cnc(C2=CCN(C(=O)Nc3ccc(C(F)(F)F)cn3)CC2)c(Cl)c1. The predicted molar refractivity (Wildman–Crippen MR) is 114 cm³/mol. The Kier molecular flexibility index (Phi) is 7.02. The molecule has 170 valence electrons. The van der Waals surface area contributed by atoms with E-state index in [-0.39, 0.29) is 24.3 Å². The van der Waals surface area contributed by atoms with Gasteiger partial charge in [-0.05, 0) is 42.7 Å². The van der Waals surface area contributed by atoms with E-state index in [1.165, 1.54) is 11.8 Å². The first-order valence-electron chi connectivity index (χ1n) is 9.75. The smallest absolute Gasteiger partial charge is 0.350 e. The Bertz CT molecular complexity index is 1040. The van der Waals surface area contributed by atoms with Crippen LogP contribution in [0, 0.1) is 0 Å². The van der Waals surface area contributed by atoms with Crippen molar-refractivity contribution in [3.8, 4) is 0 Å². The van der Waals surface area contributed by atoms with Crippen molar-refractivity contribution >= 4 is 34.9 Å². The van der Waals surface area contributed by atoms with Gasteiger partial charge in [-0.15, -0.1) is 0 Å². The van der Waals surface area contributed by atoms with E-state index >= 15 is 0 Å². The van der Waals surface area contributed by atoms with Gasteiger partial charge in [-0.2, -0.15) is 13.2 Å². The Morgan fingerprint density at radius 3 is 2.50 bits per heavy atom. The van der Waals surface area contributed by atoms with E-state index in [0.29, 0.717) is 29.9 Å². The van der Waals surface area contributed by atoms with Crippen molar-refractivity contribution in [2.24, 2.45) is 0 Å². The van der Waals surface area contributed by atoms with E-state index in [1.54, 1.807) is 12.3 Å². The van der Waals surface area contributed by atoms with Gasteiger partial charge in [-0.25, -0.2) is 9.78 Å². The maximum absolute atomic E-state index is 12.6. The summed E-state index contributed by atoms with van der Waals surface area (Å²) in [5, 5.41) is 5.71. The number of pyridine rings is 2. The molecule has 7 nitrogen and oxygen atoms in total. The van der Waals surface area contributed by atoms with Crippen LogP contribution in [0.15, 0.2) is 36.7 Å². The zero-order valence-corrected chi connectivity index (χ0v) is 18.1. The number of hydrogen-bond acceptors (Lipinski definition) is 4. The summed E-state index contributed by atoms with van der Waals surface area (Å²) in [6, 6.07) is 3.02. The Hall–Kier alpha value is -3.14. The highest BCUT2D eigenvalue weighted by molar-refractivity contribution is 6.32. The number of carbonyl (C=O) groups is 2. The number of urea groups is 1. The molecule has 1 aliphatic heterocycles. The highest BCUT2D eigenvalue weighted by Crippen LogP contribution is 2.30. The first-order chi connectivity index (χ1) is 15.0. The Labute approximate surface area is 187 Å². The lowest BCUT2D eigenvalue weighted by Gasteiger charge is -2.26. The molecule has 0 saturated carbocycles. The number of rotatable bonds is 4. The van der Waals surface area contributed by atoms with E-state index in [9.17, 15) is 22.8 Å². The largest absolute Gasteiger partial charge is 0.417 e. The van der Waals surface area contributed by atoms with Gasteiger partial charge in [-0.1, -0.05) is 17.7 Å². The molecule has 3 amide bonds. The van der Waals surface area contributed by atoms with Crippen LogP contribution in [0.3, 0.4) is 0 Å². The molecule has 0 fully saturated rings. The molecule has 3 rings (SSSR count). The van der Waals surface area contributed by atoms with Gasteiger partial charge in [0.05, 0.1) is 22.3 Å². The summed E-state index contributed by atoms with van der Waals surface area (Å²) in [5.41, 5.74) is 1.37. The molecule has 1 aliphatic rings. The van der Waals surface area contributed by atoms with Crippen molar-refractivity contribution in [2.45, 2.75) is 32.5 Å². The fraction of sp³-hybridized carbons (Fsp3) is 0.333. The number of aromatic nitrogens is 2. The lowest BCUT2D eigenvalue weighted by molar-refractivity contribution is -0.137. The van der Waals surface area contributed by atoms with Crippen molar-refractivity contribution in [1.82, 2.24) is 20.2 Å². The van der Waals surface area contributed by atoms with Crippen molar-refractivity contribution in [2.75, 3.05) is 18.4 Å². The molecule has 0 aliphatic carbocycles. The first-order valence-corrected chi connectivity index (χ1v) is 10.1. The zero-order valence-electron chi connectivity index (χ0n) is 17.3. The van der Waals surface area contributed by atoms with E-state index in [4.69, 9.17) is 11.6 Å². The number of carbonyl (C=O) groups excluding carboxylic acids is 2. The fourth-order valence-electron chi connectivity index (χ4n) is 3.21. The average molecular weight is 468 g/mol. The zero-order chi connectivity index (χ0) is 23.5. The second-order valence-corrected chi connectivity index (χ2v) is 7.71. The summed E-state index contributed by atoms with van der Waals surface area (Å²) in [6.07, 6.45) is 0.167. The van der Waals surface area contributed by atoms with Gasteiger partial charge in [0.25, 0.3) is 0 Å². The Morgan fingerprint density at radius 1 is 1.22 bits per heavy atom. The van der Waals surface area contributed by atoms with E-state index in [1.807, 2.05) is 13.0 Å². The van der Waals surface area contributed by atoms with Crippen LogP contribution < -0.4 is 10.6 Å². The molecule has 1 unspecified atom stereocenters. The van der Waals surface area contributed by atoms with E-state index in [0.717, 1.165) is 23.3 Å². The number of anilines is 1. The van der Waals surface area contributed by atoms with Gasteiger partial charge in [-0.3, -0.25) is 15.1 Å². The third-order valence-corrected chi connectivity index (χ3v) is 5.20. The standard InChI is InChI=1S/C21H21ClF3N5O2/c1-12(28-13(2)31)15-9-17(22)19(27-10-15)14-5-7-30(8-6-14)20(32)29-18-4-3-16(11-26-18)21(23,24)25/h3-5,9-12H,6-8H2,1-2H3,(H,28,31)(H,26,29,32). The molecule has 0 radical (unpaired) electrons. The number of alkyl halides is 3. The Balaban J connectivity index is 1.63. The van der Waals surface area contributed by atoms with Crippen LogP contribution in [0.1, 0.15) is 43.1 Å². The summed E-state index contributed by atoms with van der Waals surface area (Å²) in [7, 11) is 0. The van der Waals surface area contributed by atoms with E-state index < -0.39 is 17.8 Å². The molecule has 0 bridgehead atoms. The molecule has 0 spiro atoms. The molecule has 3 heterocycles. The lowest BCUT2D eigenvalue weighted by Crippen LogP contribution is -2.38. The van der Waals surface area contributed by atoms with Crippen LogP contribution in [0.5, 0.6) is 0 Å². The first kappa shape index (κ1) is 23.5. The van der Waals surface area contributed by atoms with Crippen molar-refractivity contribution in [3.05, 3.63) is 58.5 Å². The molecule has 0 saturated heterocycles. The Morgan fingerprint density at radius 2 is 1.97 bits per heavy atom. The van der Waals surface area contributed by atoms with Gasteiger partial charge in [0, 0.05) is 32.4 Å². The number of hydrogen-bond donors (Lipinski definition) is 2. The minimum absolute atomic E-state index is 0.0337. The third-order valence-electron chi connectivity index (χ3n) is 4.91. The fourth-order valence-corrected chi connectivity index (χ4v) is 3.50. The summed E-state index contributed by atoms with van der Waals surface area (Å²) in [5.74, 6) is -0.121. The molecule has 2 aromatic rings. The summed E-state index contributed by atoms with van der Waals surface area (Å²) in [4.78, 5) is 33.2. The minimum Gasteiger partial charge on any atom is -0.350 e.